The number of aromatic amines is 1. The zero-order valence-electron chi connectivity index (χ0n) is 19.2. The minimum Gasteiger partial charge on any atom is -0.352 e. The molecule has 2 N–H and O–H groups in total. The average Bonchev–Trinajstić information content (AvgIpc) is 3.39. The molecule has 1 aromatic carbocycles. The lowest BCUT2D eigenvalue weighted by molar-refractivity contribution is -0.129. The number of carbonyl (C=O) groups is 2. The van der Waals surface area contributed by atoms with Crippen LogP contribution in [0, 0.1) is 19.8 Å². The molecule has 2 aromatic heterocycles. The molecule has 168 valence electrons. The van der Waals surface area contributed by atoms with Gasteiger partial charge in [0.05, 0.1) is 23.2 Å². The van der Waals surface area contributed by atoms with Gasteiger partial charge in [0.15, 0.2) is 0 Å². The first-order valence-electron chi connectivity index (χ1n) is 11.3. The second kappa shape index (κ2) is 9.10. The number of H-pyrrole nitrogens is 1. The number of nitrogens with zero attached hydrogens (tertiary/aromatic N) is 3. The van der Waals surface area contributed by atoms with E-state index in [1.54, 1.807) is 0 Å². The summed E-state index contributed by atoms with van der Waals surface area (Å²) in [6.07, 6.45) is 1.20. The van der Waals surface area contributed by atoms with Gasteiger partial charge in [-0.1, -0.05) is 32.0 Å². The van der Waals surface area contributed by atoms with E-state index in [1.165, 1.54) is 0 Å². The average molecular weight is 434 g/mol. The van der Waals surface area contributed by atoms with Gasteiger partial charge in [-0.25, -0.2) is 0 Å². The molecule has 4 rings (SSSR count). The van der Waals surface area contributed by atoms with Crippen molar-refractivity contribution in [1.29, 1.82) is 0 Å². The molecule has 3 heterocycles. The number of hydrogen-bond donors (Lipinski definition) is 2. The van der Waals surface area contributed by atoms with E-state index in [9.17, 15) is 9.59 Å². The Bertz CT molecular complexity index is 1130. The summed E-state index contributed by atoms with van der Waals surface area (Å²) < 4.78 is 0. The molecule has 1 atom stereocenters. The largest absolute Gasteiger partial charge is 0.352 e. The number of para-hydroxylation sites is 1. The number of benzene rings is 1. The number of pyridine rings is 1. The van der Waals surface area contributed by atoms with Crippen LogP contribution in [-0.2, 0) is 11.2 Å². The lowest BCUT2D eigenvalue weighted by atomic mass is 9.99. The molecule has 0 aliphatic carbocycles. The Kier molecular flexibility index (Phi) is 6.26. The van der Waals surface area contributed by atoms with E-state index in [1.807, 2.05) is 49.1 Å². The maximum Gasteiger partial charge on any atom is 0.252 e. The highest BCUT2D eigenvalue weighted by atomic mass is 16.2. The monoisotopic (exact) mass is 433 g/mol. The normalized spacial score (nSPS) is 16.2. The van der Waals surface area contributed by atoms with Gasteiger partial charge in [0, 0.05) is 47.9 Å². The van der Waals surface area contributed by atoms with Gasteiger partial charge >= 0.3 is 0 Å². The smallest absolute Gasteiger partial charge is 0.252 e. The summed E-state index contributed by atoms with van der Waals surface area (Å²) in [5, 5.41) is 11.0. The highest BCUT2D eigenvalue weighted by Gasteiger charge is 2.30. The van der Waals surface area contributed by atoms with E-state index < -0.39 is 0 Å². The zero-order valence-corrected chi connectivity index (χ0v) is 19.2. The lowest BCUT2D eigenvalue weighted by Crippen LogP contribution is -2.30. The Labute approximate surface area is 188 Å². The number of aromatic nitrogens is 3. The summed E-state index contributed by atoms with van der Waals surface area (Å²) in [4.78, 5) is 32.6. The van der Waals surface area contributed by atoms with Crippen molar-refractivity contribution >= 4 is 22.7 Å². The van der Waals surface area contributed by atoms with E-state index in [-0.39, 0.29) is 17.7 Å². The van der Waals surface area contributed by atoms with Gasteiger partial charge in [-0.15, -0.1) is 0 Å². The van der Waals surface area contributed by atoms with Crippen LogP contribution in [0.3, 0.4) is 0 Å². The zero-order chi connectivity index (χ0) is 22.8. The SMILES string of the molecule is Cc1n[nH]c(C)c1CC(=O)N1CC[C@@H](c2cc(C(=O)NCC(C)C)c3ccccc3n2)C1. The summed E-state index contributed by atoms with van der Waals surface area (Å²) in [6.45, 7) is 9.96. The van der Waals surface area contributed by atoms with Gasteiger partial charge in [-0.2, -0.15) is 5.10 Å². The molecule has 7 nitrogen and oxygen atoms in total. The maximum absolute atomic E-state index is 12.9. The van der Waals surface area contributed by atoms with Crippen molar-refractivity contribution < 1.29 is 9.59 Å². The predicted molar refractivity (Wildman–Crippen MR) is 125 cm³/mol. The summed E-state index contributed by atoms with van der Waals surface area (Å²) >= 11 is 0. The number of nitrogens with one attached hydrogen (secondary N) is 2. The maximum atomic E-state index is 12.9. The summed E-state index contributed by atoms with van der Waals surface area (Å²) in [5.74, 6) is 0.529. The van der Waals surface area contributed by atoms with Gasteiger partial charge in [0.25, 0.3) is 5.91 Å². The Hall–Kier alpha value is -3.22. The molecule has 7 heteroatoms. The Morgan fingerprint density at radius 1 is 1.25 bits per heavy atom. The van der Waals surface area contributed by atoms with Crippen LogP contribution < -0.4 is 5.32 Å². The molecule has 0 radical (unpaired) electrons. The van der Waals surface area contributed by atoms with Crippen molar-refractivity contribution in [2.24, 2.45) is 5.92 Å². The van der Waals surface area contributed by atoms with Crippen LogP contribution in [0.25, 0.3) is 10.9 Å². The van der Waals surface area contributed by atoms with E-state index in [2.05, 4.69) is 29.4 Å². The first-order valence-corrected chi connectivity index (χ1v) is 11.3. The third-order valence-electron chi connectivity index (χ3n) is 6.22. The van der Waals surface area contributed by atoms with E-state index in [0.717, 1.165) is 40.0 Å². The Morgan fingerprint density at radius 3 is 2.75 bits per heavy atom. The van der Waals surface area contributed by atoms with Crippen molar-refractivity contribution in [2.45, 2.75) is 46.5 Å². The van der Waals surface area contributed by atoms with E-state index in [0.29, 0.717) is 37.5 Å². The van der Waals surface area contributed by atoms with Gasteiger partial charge < -0.3 is 10.2 Å². The van der Waals surface area contributed by atoms with Crippen LogP contribution >= 0.6 is 0 Å². The number of aryl methyl sites for hydroxylation is 2. The van der Waals surface area contributed by atoms with Crippen LogP contribution in [0.2, 0.25) is 0 Å². The number of amides is 2. The fourth-order valence-electron chi connectivity index (χ4n) is 4.31. The van der Waals surface area contributed by atoms with Crippen LogP contribution in [0.4, 0.5) is 0 Å². The van der Waals surface area contributed by atoms with E-state index >= 15 is 0 Å². The summed E-state index contributed by atoms with van der Waals surface area (Å²) in [7, 11) is 0. The van der Waals surface area contributed by atoms with E-state index in [4.69, 9.17) is 4.98 Å². The third kappa shape index (κ3) is 4.52. The number of likely N-dealkylation sites (tertiary alicyclic amines) is 1. The molecule has 0 spiro atoms. The molecule has 0 saturated carbocycles. The van der Waals surface area contributed by atoms with Gasteiger partial charge in [0.2, 0.25) is 5.91 Å². The van der Waals surface area contributed by atoms with Crippen molar-refractivity contribution in [2.75, 3.05) is 19.6 Å². The molecular formula is C25H31N5O2. The molecule has 0 bridgehead atoms. The summed E-state index contributed by atoms with van der Waals surface area (Å²) in [5.41, 5.74) is 5.14. The molecule has 1 aliphatic rings. The molecule has 32 heavy (non-hydrogen) atoms. The topological polar surface area (TPSA) is 91.0 Å². The Balaban J connectivity index is 1.55. The van der Waals surface area contributed by atoms with Gasteiger partial charge in [-0.3, -0.25) is 19.7 Å². The molecule has 0 unspecified atom stereocenters. The number of hydrogen-bond acceptors (Lipinski definition) is 4. The number of rotatable bonds is 6. The van der Waals surface area contributed by atoms with Gasteiger partial charge in [-0.05, 0) is 38.3 Å². The molecule has 1 saturated heterocycles. The lowest BCUT2D eigenvalue weighted by Gasteiger charge is -2.17. The van der Waals surface area contributed by atoms with Crippen molar-refractivity contribution in [3.63, 3.8) is 0 Å². The number of carbonyl (C=O) groups excluding carboxylic acids is 2. The van der Waals surface area contributed by atoms with Crippen molar-refractivity contribution in [1.82, 2.24) is 25.4 Å². The number of fused-ring (bicyclic) bond motifs is 1. The molecular weight excluding hydrogens is 402 g/mol. The molecule has 3 aromatic rings. The Morgan fingerprint density at radius 2 is 2.03 bits per heavy atom. The van der Waals surface area contributed by atoms with Crippen LogP contribution in [0.1, 0.15) is 59.2 Å². The van der Waals surface area contributed by atoms with Crippen LogP contribution in [0.5, 0.6) is 0 Å². The molecule has 1 fully saturated rings. The first-order chi connectivity index (χ1) is 15.3. The minimum absolute atomic E-state index is 0.0737. The van der Waals surface area contributed by atoms with Crippen LogP contribution in [-0.4, -0.2) is 51.5 Å². The quantitative estimate of drug-likeness (QED) is 0.622. The van der Waals surface area contributed by atoms with Crippen molar-refractivity contribution in [3.8, 4) is 0 Å². The first kappa shape index (κ1) is 22.0. The molecule has 1 aliphatic heterocycles. The second-order valence-electron chi connectivity index (χ2n) is 9.13. The standard InChI is InChI=1S/C25H31N5O2/c1-15(2)13-26-25(32)21-11-23(27-22-8-6-5-7-19(21)22)18-9-10-30(14-18)24(31)12-20-16(3)28-29-17(20)4/h5-8,11,15,18H,9-10,12-14H2,1-4H3,(H,26,32)(H,28,29)/t18-/m1/s1. The molecule has 2 amide bonds. The highest BCUT2D eigenvalue weighted by Crippen LogP contribution is 2.30. The van der Waals surface area contributed by atoms with Crippen molar-refractivity contribution in [3.05, 3.63) is 58.5 Å². The fraction of sp³-hybridized carbons (Fsp3) is 0.440. The second-order valence-corrected chi connectivity index (χ2v) is 9.13. The highest BCUT2D eigenvalue weighted by molar-refractivity contribution is 6.06. The van der Waals surface area contributed by atoms with Gasteiger partial charge in [0.1, 0.15) is 0 Å². The predicted octanol–water partition coefficient (Wildman–Crippen LogP) is 3.52. The third-order valence-corrected chi connectivity index (χ3v) is 6.22. The minimum atomic E-state index is -0.0737. The fourth-order valence-corrected chi connectivity index (χ4v) is 4.31. The van der Waals surface area contributed by atoms with Crippen LogP contribution in [0.15, 0.2) is 30.3 Å². The summed E-state index contributed by atoms with van der Waals surface area (Å²) in [6, 6.07) is 9.67.